The molecule has 2 aromatic rings. The largest absolute Gasteiger partial charge is 0.439 e. The lowest BCUT2D eigenvalue weighted by atomic mass is 10.1. The van der Waals surface area contributed by atoms with Crippen LogP contribution in [0.1, 0.15) is 24.8 Å². The Morgan fingerprint density at radius 1 is 1.33 bits per heavy atom. The van der Waals surface area contributed by atoms with E-state index in [4.69, 9.17) is 4.74 Å². The van der Waals surface area contributed by atoms with Gasteiger partial charge >= 0.3 is 0 Å². The minimum Gasteiger partial charge on any atom is -0.439 e. The lowest BCUT2D eigenvalue weighted by Gasteiger charge is -2.12. The molecule has 3 rings (SSSR count). The number of carbonyl (C=O) groups excluding carboxylic acids is 1. The van der Waals surface area contributed by atoms with Gasteiger partial charge in [0, 0.05) is 30.8 Å². The Kier molecular flexibility index (Phi) is 5.21. The number of aromatic nitrogens is 1. The first-order chi connectivity index (χ1) is 11.7. The van der Waals surface area contributed by atoms with Crippen molar-refractivity contribution >= 4 is 5.91 Å². The molecule has 0 bridgehead atoms. The summed E-state index contributed by atoms with van der Waals surface area (Å²) in [4.78, 5) is 16.2. The van der Waals surface area contributed by atoms with Crippen molar-refractivity contribution < 1.29 is 13.9 Å². The minimum absolute atomic E-state index is 0.00658. The van der Waals surface area contributed by atoms with Gasteiger partial charge in [-0.3, -0.25) is 4.79 Å². The quantitative estimate of drug-likeness (QED) is 0.817. The van der Waals surface area contributed by atoms with E-state index in [1.165, 1.54) is 12.1 Å². The number of hydrogen-bond donors (Lipinski definition) is 1. The van der Waals surface area contributed by atoms with E-state index in [-0.39, 0.29) is 11.7 Å². The van der Waals surface area contributed by atoms with Gasteiger partial charge in [0.25, 0.3) is 0 Å². The van der Waals surface area contributed by atoms with Crippen molar-refractivity contribution in [3.8, 4) is 11.6 Å². The first-order valence-electron chi connectivity index (χ1n) is 8.01. The molecule has 1 amide bonds. The number of nitrogens with zero attached hydrogens (tertiary/aromatic N) is 1. The van der Waals surface area contributed by atoms with Gasteiger partial charge in [0.15, 0.2) is 0 Å². The van der Waals surface area contributed by atoms with Crippen LogP contribution < -0.4 is 10.1 Å². The van der Waals surface area contributed by atoms with Crippen LogP contribution in [0.2, 0.25) is 0 Å². The second kappa shape index (κ2) is 7.73. The Labute approximate surface area is 140 Å². The second-order valence-electron chi connectivity index (χ2n) is 5.77. The number of ether oxygens (including phenoxy) is 1. The van der Waals surface area contributed by atoms with Crippen molar-refractivity contribution in [2.45, 2.75) is 25.8 Å². The zero-order chi connectivity index (χ0) is 16.8. The van der Waals surface area contributed by atoms with Crippen LogP contribution in [0.15, 0.2) is 54.7 Å². The number of amides is 1. The molecule has 0 radical (unpaired) electrons. The van der Waals surface area contributed by atoms with Crippen LogP contribution in [0.25, 0.3) is 0 Å². The summed E-state index contributed by atoms with van der Waals surface area (Å²) in [7, 11) is 0. The molecule has 24 heavy (non-hydrogen) atoms. The summed E-state index contributed by atoms with van der Waals surface area (Å²) in [6, 6.07) is 9.49. The molecule has 0 saturated heterocycles. The lowest BCUT2D eigenvalue weighted by Crippen LogP contribution is -2.24. The van der Waals surface area contributed by atoms with E-state index < -0.39 is 0 Å². The van der Waals surface area contributed by atoms with Crippen molar-refractivity contribution in [2.24, 2.45) is 5.92 Å². The van der Waals surface area contributed by atoms with Crippen LogP contribution >= 0.6 is 0 Å². The van der Waals surface area contributed by atoms with Gasteiger partial charge in [-0.1, -0.05) is 24.3 Å². The SMILES string of the molecule is O=C(C[C@@H]1C=CCC1)NCc1cccnc1Oc1cccc(F)c1. The maximum Gasteiger partial charge on any atom is 0.224 e. The Morgan fingerprint density at radius 2 is 2.25 bits per heavy atom. The molecule has 0 saturated carbocycles. The third kappa shape index (κ3) is 4.41. The Morgan fingerprint density at radius 3 is 3.04 bits per heavy atom. The standard InChI is InChI=1S/C19H19FN2O2/c20-16-8-3-9-17(12-16)24-19-15(7-4-10-21-19)13-22-18(23)11-14-5-1-2-6-14/h1,3-5,7-10,12,14H,2,6,11,13H2,(H,22,23)/t14-/m1/s1. The monoisotopic (exact) mass is 326 g/mol. The molecular weight excluding hydrogens is 307 g/mol. The minimum atomic E-state index is -0.372. The van der Waals surface area contributed by atoms with Crippen LogP contribution in [0.3, 0.4) is 0 Å². The summed E-state index contributed by atoms with van der Waals surface area (Å²) < 4.78 is 18.9. The van der Waals surface area contributed by atoms with Gasteiger partial charge in [0.2, 0.25) is 11.8 Å². The Balaban J connectivity index is 1.61. The summed E-state index contributed by atoms with van der Waals surface area (Å²) >= 11 is 0. The highest BCUT2D eigenvalue weighted by Gasteiger charge is 2.14. The van der Waals surface area contributed by atoms with E-state index in [1.54, 1.807) is 24.4 Å². The smallest absolute Gasteiger partial charge is 0.224 e. The molecule has 5 heteroatoms. The molecule has 1 aliphatic carbocycles. The zero-order valence-corrected chi connectivity index (χ0v) is 13.2. The van der Waals surface area contributed by atoms with Gasteiger partial charge in [0.1, 0.15) is 11.6 Å². The van der Waals surface area contributed by atoms with Crippen LogP contribution in [0.4, 0.5) is 4.39 Å². The maximum atomic E-state index is 13.3. The van der Waals surface area contributed by atoms with Gasteiger partial charge in [0.05, 0.1) is 0 Å². The fourth-order valence-corrected chi connectivity index (χ4v) is 2.66. The number of rotatable bonds is 6. The number of nitrogens with one attached hydrogen (secondary N) is 1. The molecule has 0 fully saturated rings. The summed E-state index contributed by atoms with van der Waals surface area (Å²) in [6.45, 7) is 0.327. The zero-order valence-electron chi connectivity index (χ0n) is 13.2. The first-order valence-corrected chi connectivity index (χ1v) is 8.01. The molecule has 4 nitrogen and oxygen atoms in total. The van der Waals surface area contributed by atoms with Crippen molar-refractivity contribution in [3.63, 3.8) is 0 Å². The van der Waals surface area contributed by atoms with Crippen molar-refractivity contribution in [1.29, 1.82) is 0 Å². The molecule has 1 aromatic carbocycles. The van der Waals surface area contributed by atoms with Gasteiger partial charge in [-0.15, -0.1) is 0 Å². The fourth-order valence-electron chi connectivity index (χ4n) is 2.66. The number of allylic oxidation sites excluding steroid dienone is 2. The molecule has 0 aliphatic heterocycles. The Hall–Kier alpha value is -2.69. The summed E-state index contributed by atoms with van der Waals surface area (Å²) in [5.74, 6) is 0.707. The van der Waals surface area contributed by atoms with E-state index in [0.29, 0.717) is 30.5 Å². The lowest BCUT2D eigenvalue weighted by molar-refractivity contribution is -0.121. The molecule has 124 valence electrons. The molecule has 1 aromatic heterocycles. The van der Waals surface area contributed by atoms with E-state index in [0.717, 1.165) is 18.4 Å². The van der Waals surface area contributed by atoms with Gasteiger partial charge < -0.3 is 10.1 Å². The van der Waals surface area contributed by atoms with Crippen LogP contribution in [-0.4, -0.2) is 10.9 Å². The van der Waals surface area contributed by atoms with E-state index >= 15 is 0 Å². The maximum absolute atomic E-state index is 13.3. The summed E-state index contributed by atoms with van der Waals surface area (Å²) in [5.41, 5.74) is 0.747. The third-order valence-electron chi connectivity index (χ3n) is 3.90. The molecular formula is C19H19FN2O2. The number of halogens is 1. The van der Waals surface area contributed by atoms with Crippen LogP contribution in [-0.2, 0) is 11.3 Å². The third-order valence-corrected chi connectivity index (χ3v) is 3.90. The molecule has 0 unspecified atom stereocenters. The molecule has 1 N–H and O–H groups in total. The first kappa shape index (κ1) is 16.2. The number of hydrogen-bond acceptors (Lipinski definition) is 3. The second-order valence-corrected chi connectivity index (χ2v) is 5.77. The predicted molar refractivity (Wildman–Crippen MR) is 89.0 cm³/mol. The van der Waals surface area contributed by atoms with Crippen molar-refractivity contribution in [1.82, 2.24) is 10.3 Å². The van der Waals surface area contributed by atoms with Gasteiger partial charge in [-0.2, -0.15) is 0 Å². The fraction of sp³-hybridized carbons (Fsp3) is 0.263. The molecule has 1 aliphatic rings. The van der Waals surface area contributed by atoms with Crippen molar-refractivity contribution in [3.05, 3.63) is 66.1 Å². The molecule has 1 heterocycles. The van der Waals surface area contributed by atoms with Crippen LogP contribution in [0.5, 0.6) is 11.6 Å². The highest BCUT2D eigenvalue weighted by atomic mass is 19.1. The van der Waals surface area contributed by atoms with Crippen LogP contribution in [0, 0.1) is 11.7 Å². The molecule has 1 atom stereocenters. The summed E-state index contributed by atoms with van der Waals surface area (Å²) in [5, 5.41) is 2.90. The van der Waals surface area contributed by atoms with E-state index in [1.807, 2.05) is 6.07 Å². The van der Waals surface area contributed by atoms with Gasteiger partial charge in [-0.25, -0.2) is 9.37 Å². The number of pyridine rings is 1. The number of benzene rings is 1. The highest BCUT2D eigenvalue weighted by Crippen LogP contribution is 2.24. The van der Waals surface area contributed by atoms with E-state index in [9.17, 15) is 9.18 Å². The number of carbonyl (C=O) groups is 1. The average Bonchev–Trinajstić information content (AvgIpc) is 3.07. The topological polar surface area (TPSA) is 51.2 Å². The summed E-state index contributed by atoms with van der Waals surface area (Å²) in [6.07, 6.45) is 8.40. The average molecular weight is 326 g/mol. The predicted octanol–water partition coefficient (Wildman–Crippen LogP) is 3.99. The van der Waals surface area contributed by atoms with E-state index in [2.05, 4.69) is 22.5 Å². The Bertz CT molecular complexity index is 746. The normalized spacial score (nSPS) is 16.1. The van der Waals surface area contributed by atoms with Crippen molar-refractivity contribution in [2.75, 3.05) is 0 Å². The molecule has 0 spiro atoms. The van der Waals surface area contributed by atoms with Gasteiger partial charge in [-0.05, 0) is 37.0 Å². The highest BCUT2D eigenvalue weighted by molar-refractivity contribution is 5.76.